The SMILES string of the molecule is CCC(C)(C)c1ccc(Nc2ccc(CNC(=O)[C@@H]3CC(=O)NC(=O)N3)cc2)cc1. The van der Waals surface area contributed by atoms with Crippen molar-refractivity contribution < 1.29 is 14.4 Å². The van der Waals surface area contributed by atoms with Crippen molar-refractivity contribution in [2.75, 3.05) is 5.32 Å². The molecule has 1 saturated heterocycles. The van der Waals surface area contributed by atoms with E-state index in [0.717, 1.165) is 23.4 Å². The van der Waals surface area contributed by atoms with E-state index in [1.54, 1.807) is 0 Å². The summed E-state index contributed by atoms with van der Waals surface area (Å²) in [4.78, 5) is 34.8. The smallest absolute Gasteiger partial charge is 0.322 e. The fourth-order valence-electron chi connectivity index (χ4n) is 3.16. The van der Waals surface area contributed by atoms with Crippen LogP contribution in [0.15, 0.2) is 48.5 Å². The zero-order chi connectivity index (χ0) is 21.7. The zero-order valence-electron chi connectivity index (χ0n) is 17.5. The molecule has 7 nitrogen and oxygen atoms in total. The molecule has 2 aromatic rings. The molecule has 0 radical (unpaired) electrons. The van der Waals surface area contributed by atoms with E-state index in [-0.39, 0.29) is 17.7 Å². The van der Waals surface area contributed by atoms with Crippen molar-refractivity contribution in [1.82, 2.24) is 16.0 Å². The Balaban J connectivity index is 1.53. The van der Waals surface area contributed by atoms with E-state index in [9.17, 15) is 14.4 Å². The molecule has 0 spiro atoms. The van der Waals surface area contributed by atoms with Crippen molar-refractivity contribution in [2.45, 2.75) is 51.6 Å². The van der Waals surface area contributed by atoms with E-state index >= 15 is 0 Å². The second-order valence-electron chi connectivity index (χ2n) is 8.13. The summed E-state index contributed by atoms with van der Waals surface area (Å²) in [5.41, 5.74) is 4.35. The first-order valence-corrected chi connectivity index (χ1v) is 10.1. The number of nitrogens with one attached hydrogen (secondary N) is 4. The Morgan fingerprint density at radius 1 is 1.03 bits per heavy atom. The number of carbonyl (C=O) groups excluding carboxylic acids is 3. The zero-order valence-corrected chi connectivity index (χ0v) is 17.5. The van der Waals surface area contributed by atoms with Gasteiger partial charge in [-0.2, -0.15) is 0 Å². The third-order valence-electron chi connectivity index (χ3n) is 5.52. The van der Waals surface area contributed by atoms with E-state index in [0.29, 0.717) is 6.54 Å². The van der Waals surface area contributed by atoms with Gasteiger partial charge in [-0.1, -0.05) is 45.0 Å². The van der Waals surface area contributed by atoms with Gasteiger partial charge >= 0.3 is 6.03 Å². The summed E-state index contributed by atoms with van der Waals surface area (Å²) in [6.07, 6.45) is 1.02. The highest BCUT2D eigenvalue weighted by Crippen LogP contribution is 2.28. The van der Waals surface area contributed by atoms with Crippen LogP contribution in [-0.2, 0) is 21.5 Å². The third-order valence-corrected chi connectivity index (χ3v) is 5.52. The fourth-order valence-corrected chi connectivity index (χ4v) is 3.16. The monoisotopic (exact) mass is 408 g/mol. The molecule has 1 fully saturated rings. The van der Waals surface area contributed by atoms with Gasteiger partial charge in [-0.3, -0.25) is 14.9 Å². The molecule has 3 rings (SSSR count). The molecule has 2 aromatic carbocycles. The standard InChI is InChI=1S/C23H28N4O3/c1-4-23(2,3)16-7-11-18(12-8-16)25-17-9-5-15(6-10-17)14-24-21(29)19-13-20(28)27-22(30)26-19/h5-12,19,25H,4,13-14H2,1-3H3,(H,24,29)(H2,26,27,28,30)/t19-/m0/s1. The third kappa shape index (κ3) is 5.37. The van der Waals surface area contributed by atoms with Crippen LogP contribution in [0.5, 0.6) is 0 Å². The Morgan fingerprint density at radius 2 is 1.63 bits per heavy atom. The van der Waals surface area contributed by atoms with Crippen molar-refractivity contribution in [1.29, 1.82) is 0 Å². The van der Waals surface area contributed by atoms with Crippen LogP contribution in [0, 0.1) is 0 Å². The highest BCUT2D eigenvalue weighted by Gasteiger charge is 2.29. The van der Waals surface area contributed by atoms with Gasteiger partial charge in [-0.05, 0) is 47.2 Å². The summed E-state index contributed by atoms with van der Waals surface area (Å²) < 4.78 is 0. The number of amides is 4. The average molecular weight is 409 g/mol. The Morgan fingerprint density at radius 3 is 2.20 bits per heavy atom. The summed E-state index contributed by atoms with van der Waals surface area (Å²) in [6, 6.07) is 14.7. The highest BCUT2D eigenvalue weighted by molar-refractivity contribution is 6.02. The first-order chi connectivity index (χ1) is 14.3. The lowest BCUT2D eigenvalue weighted by molar-refractivity contribution is -0.128. The number of benzene rings is 2. The van der Waals surface area contributed by atoms with Gasteiger partial charge in [0, 0.05) is 17.9 Å². The molecule has 0 aromatic heterocycles. The minimum atomic E-state index is -0.840. The second-order valence-corrected chi connectivity index (χ2v) is 8.13. The van der Waals surface area contributed by atoms with Gasteiger partial charge in [0.15, 0.2) is 0 Å². The van der Waals surface area contributed by atoms with Crippen LogP contribution < -0.4 is 21.3 Å². The van der Waals surface area contributed by atoms with Crippen LogP contribution in [0.3, 0.4) is 0 Å². The molecule has 7 heteroatoms. The summed E-state index contributed by atoms with van der Waals surface area (Å²) >= 11 is 0. The molecule has 0 unspecified atom stereocenters. The van der Waals surface area contributed by atoms with E-state index < -0.39 is 18.0 Å². The van der Waals surface area contributed by atoms with E-state index in [1.165, 1.54) is 5.56 Å². The van der Waals surface area contributed by atoms with Crippen molar-refractivity contribution in [3.8, 4) is 0 Å². The molecule has 0 bridgehead atoms. The summed E-state index contributed by atoms with van der Waals surface area (Å²) in [7, 11) is 0. The van der Waals surface area contributed by atoms with Gasteiger partial charge in [0.05, 0.1) is 6.42 Å². The van der Waals surface area contributed by atoms with Crippen LogP contribution in [0.25, 0.3) is 0 Å². The van der Waals surface area contributed by atoms with Crippen molar-refractivity contribution in [3.05, 3.63) is 59.7 Å². The van der Waals surface area contributed by atoms with E-state index in [1.807, 2.05) is 24.3 Å². The molecule has 1 aliphatic heterocycles. The van der Waals surface area contributed by atoms with Gasteiger partial charge in [0.1, 0.15) is 6.04 Å². The summed E-state index contributed by atoms with van der Waals surface area (Å²) in [6.45, 7) is 6.99. The molecule has 1 heterocycles. The largest absolute Gasteiger partial charge is 0.356 e. The molecule has 0 saturated carbocycles. The second kappa shape index (κ2) is 8.98. The van der Waals surface area contributed by atoms with Crippen LogP contribution in [0.4, 0.5) is 16.2 Å². The molecule has 4 N–H and O–H groups in total. The molecule has 158 valence electrons. The van der Waals surface area contributed by atoms with Gasteiger partial charge in [0.25, 0.3) is 0 Å². The maximum Gasteiger partial charge on any atom is 0.322 e. The van der Waals surface area contributed by atoms with Gasteiger partial charge < -0.3 is 16.0 Å². The minimum Gasteiger partial charge on any atom is -0.356 e. The number of hydrogen-bond acceptors (Lipinski definition) is 4. The number of urea groups is 1. The lowest BCUT2D eigenvalue weighted by Crippen LogP contribution is -2.57. The maximum atomic E-state index is 12.2. The van der Waals surface area contributed by atoms with Crippen molar-refractivity contribution in [3.63, 3.8) is 0 Å². The number of carbonyl (C=O) groups is 3. The van der Waals surface area contributed by atoms with E-state index in [2.05, 4.69) is 66.3 Å². The quantitative estimate of drug-likeness (QED) is 0.565. The van der Waals surface area contributed by atoms with Crippen LogP contribution in [0.1, 0.15) is 44.7 Å². The molecule has 30 heavy (non-hydrogen) atoms. The first kappa shape index (κ1) is 21.4. The average Bonchev–Trinajstić information content (AvgIpc) is 2.72. The van der Waals surface area contributed by atoms with Crippen LogP contribution >= 0.6 is 0 Å². The highest BCUT2D eigenvalue weighted by atomic mass is 16.2. The van der Waals surface area contributed by atoms with Gasteiger partial charge in [0.2, 0.25) is 11.8 Å². The Hall–Kier alpha value is -3.35. The molecule has 1 aliphatic rings. The Labute approximate surface area is 176 Å². The fraction of sp³-hybridized carbons (Fsp3) is 0.348. The Bertz CT molecular complexity index is 904. The van der Waals surface area contributed by atoms with Crippen molar-refractivity contribution >= 4 is 29.2 Å². The first-order valence-electron chi connectivity index (χ1n) is 10.1. The number of imide groups is 1. The lowest BCUT2D eigenvalue weighted by atomic mass is 9.82. The Kier molecular flexibility index (Phi) is 6.40. The molecule has 1 atom stereocenters. The topological polar surface area (TPSA) is 99.3 Å². The number of hydrogen-bond donors (Lipinski definition) is 4. The number of anilines is 2. The molecule has 4 amide bonds. The predicted octanol–water partition coefficient (Wildman–Crippen LogP) is 3.33. The molecular formula is C23H28N4O3. The van der Waals surface area contributed by atoms with Gasteiger partial charge in [-0.25, -0.2) is 4.79 Å². The number of rotatable bonds is 7. The summed E-state index contributed by atoms with van der Waals surface area (Å²) in [5, 5.41) is 10.7. The molecular weight excluding hydrogens is 380 g/mol. The molecule has 0 aliphatic carbocycles. The maximum absolute atomic E-state index is 12.2. The van der Waals surface area contributed by atoms with Crippen LogP contribution in [0.2, 0.25) is 0 Å². The normalized spacial score (nSPS) is 16.4. The van der Waals surface area contributed by atoms with Crippen LogP contribution in [-0.4, -0.2) is 23.9 Å². The van der Waals surface area contributed by atoms with Crippen molar-refractivity contribution in [2.24, 2.45) is 0 Å². The van der Waals surface area contributed by atoms with E-state index in [4.69, 9.17) is 0 Å². The lowest BCUT2D eigenvalue weighted by Gasteiger charge is -2.23. The van der Waals surface area contributed by atoms with Gasteiger partial charge in [-0.15, -0.1) is 0 Å². The minimum absolute atomic E-state index is 0.0609. The predicted molar refractivity (Wildman–Crippen MR) is 116 cm³/mol. The summed E-state index contributed by atoms with van der Waals surface area (Å²) in [5.74, 6) is -0.837.